The Hall–Kier alpha value is 0.1000. The van der Waals surface area contributed by atoms with Crippen LogP contribution in [-0.4, -0.2) is 23.5 Å². The first-order chi connectivity index (χ1) is 8.09. The first-order valence-electron chi connectivity index (χ1n) is 6.35. The van der Waals surface area contributed by atoms with Crippen molar-refractivity contribution in [3.63, 3.8) is 0 Å². The quantitative estimate of drug-likeness (QED) is 0.919. The molecular weight excluding hydrogens is 296 g/mol. The molecule has 0 radical (unpaired) electrons. The van der Waals surface area contributed by atoms with Crippen LogP contribution < -0.4 is 5.73 Å². The number of hydrogen-bond acceptors (Lipinski definition) is 3. The average Bonchev–Trinajstić information content (AvgIpc) is 2.68. The summed E-state index contributed by atoms with van der Waals surface area (Å²) in [6.07, 6.45) is 3.97. The van der Waals surface area contributed by atoms with E-state index in [9.17, 15) is 0 Å². The molecule has 17 heavy (non-hydrogen) atoms. The van der Waals surface area contributed by atoms with E-state index in [1.165, 1.54) is 35.2 Å². The molecule has 96 valence electrons. The van der Waals surface area contributed by atoms with E-state index in [1.54, 1.807) is 0 Å². The highest BCUT2D eigenvalue weighted by Crippen LogP contribution is 2.34. The summed E-state index contributed by atoms with van der Waals surface area (Å²) in [5.74, 6) is 0. The molecule has 1 aromatic rings. The maximum Gasteiger partial charge on any atom is 0.0593 e. The lowest BCUT2D eigenvalue weighted by molar-refractivity contribution is 0.0942. The number of hydrogen-bond donors (Lipinski definition) is 1. The number of nitrogens with zero attached hydrogens (tertiary/aromatic N) is 1. The predicted octanol–water partition coefficient (Wildman–Crippen LogP) is 3.77. The maximum atomic E-state index is 6.22. The van der Waals surface area contributed by atoms with Gasteiger partial charge in [0.1, 0.15) is 0 Å². The summed E-state index contributed by atoms with van der Waals surface area (Å²) in [5.41, 5.74) is 6.22. The van der Waals surface area contributed by atoms with Gasteiger partial charge in [-0.3, -0.25) is 4.90 Å². The summed E-state index contributed by atoms with van der Waals surface area (Å²) in [4.78, 5) is 3.98. The fourth-order valence-electron chi connectivity index (χ4n) is 2.74. The summed E-state index contributed by atoms with van der Waals surface area (Å²) in [7, 11) is 0. The Morgan fingerprint density at radius 1 is 1.53 bits per heavy atom. The molecule has 2 nitrogen and oxygen atoms in total. The highest BCUT2D eigenvalue weighted by Gasteiger charge is 2.30. The standard InChI is InChI=1S/C13H21BrN2S/c1-9-5-3-4-6-16(9)13(10(2)15)12-7-11(14)8-17-12/h7-10,13H,3-6,15H2,1-2H3. The third-order valence-electron chi connectivity index (χ3n) is 3.59. The molecular formula is C13H21BrN2S. The van der Waals surface area contributed by atoms with Gasteiger partial charge in [-0.1, -0.05) is 6.42 Å². The second-order valence-electron chi connectivity index (χ2n) is 5.05. The Labute approximate surface area is 116 Å². The molecule has 0 aromatic carbocycles. The molecule has 2 heterocycles. The summed E-state index contributed by atoms with van der Waals surface area (Å²) in [6, 6.07) is 3.43. The topological polar surface area (TPSA) is 29.3 Å². The molecule has 3 atom stereocenters. The van der Waals surface area contributed by atoms with Crippen LogP contribution in [0.25, 0.3) is 0 Å². The molecule has 0 saturated carbocycles. The lowest BCUT2D eigenvalue weighted by Gasteiger charge is -2.41. The lowest BCUT2D eigenvalue weighted by Crippen LogP contribution is -2.46. The van der Waals surface area contributed by atoms with E-state index in [0.29, 0.717) is 12.1 Å². The van der Waals surface area contributed by atoms with E-state index in [4.69, 9.17) is 5.73 Å². The first-order valence-corrected chi connectivity index (χ1v) is 8.02. The summed E-state index contributed by atoms with van der Waals surface area (Å²) >= 11 is 5.35. The summed E-state index contributed by atoms with van der Waals surface area (Å²) in [5, 5.41) is 2.15. The van der Waals surface area contributed by atoms with E-state index in [-0.39, 0.29) is 6.04 Å². The highest BCUT2D eigenvalue weighted by atomic mass is 79.9. The number of thiophene rings is 1. The molecule has 2 rings (SSSR count). The third-order valence-corrected chi connectivity index (χ3v) is 5.35. The summed E-state index contributed by atoms with van der Waals surface area (Å²) in [6.45, 7) is 5.64. The van der Waals surface area contributed by atoms with E-state index >= 15 is 0 Å². The van der Waals surface area contributed by atoms with Crippen LogP contribution in [0.2, 0.25) is 0 Å². The summed E-state index contributed by atoms with van der Waals surface area (Å²) < 4.78 is 1.17. The van der Waals surface area contributed by atoms with Gasteiger partial charge in [-0.25, -0.2) is 0 Å². The molecule has 1 aromatic heterocycles. The molecule has 0 spiro atoms. The number of halogens is 1. The maximum absolute atomic E-state index is 6.22. The van der Waals surface area contributed by atoms with Crippen molar-refractivity contribution in [3.05, 3.63) is 20.8 Å². The van der Waals surface area contributed by atoms with Crippen LogP contribution in [0, 0.1) is 0 Å². The van der Waals surface area contributed by atoms with E-state index in [0.717, 1.165) is 0 Å². The van der Waals surface area contributed by atoms with Crippen molar-refractivity contribution in [2.24, 2.45) is 5.73 Å². The van der Waals surface area contributed by atoms with E-state index in [1.807, 2.05) is 11.3 Å². The molecule has 2 N–H and O–H groups in total. The third kappa shape index (κ3) is 3.11. The van der Waals surface area contributed by atoms with Crippen molar-refractivity contribution in [3.8, 4) is 0 Å². The Morgan fingerprint density at radius 3 is 2.82 bits per heavy atom. The van der Waals surface area contributed by atoms with Gasteiger partial charge in [-0.2, -0.15) is 0 Å². The van der Waals surface area contributed by atoms with Crippen molar-refractivity contribution in [1.29, 1.82) is 0 Å². The van der Waals surface area contributed by atoms with Gasteiger partial charge < -0.3 is 5.73 Å². The lowest BCUT2D eigenvalue weighted by atomic mass is 9.97. The smallest absolute Gasteiger partial charge is 0.0593 e. The average molecular weight is 317 g/mol. The van der Waals surface area contributed by atoms with Crippen molar-refractivity contribution < 1.29 is 0 Å². The molecule has 0 bridgehead atoms. The molecule has 1 aliphatic heterocycles. The zero-order valence-electron chi connectivity index (χ0n) is 10.5. The fraction of sp³-hybridized carbons (Fsp3) is 0.692. The van der Waals surface area contributed by atoms with Crippen molar-refractivity contribution in [2.45, 2.75) is 51.2 Å². The number of rotatable bonds is 3. The number of piperidine rings is 1. The van der Waals surface area contributed by atoms with Crippen LogP contribution >= 0.6 is 27.3 Å². The first kappa shape index (κ1) is 13.5. The van der Waals surface area contributed by atoms with Crippen LogP contribution in [0.1, 0.15) is 44.0 Å². The van der Waals surface area contributed by atoms with Crippen molar-refractivity contribution in [2.75, 3.05) is 6.54 Å². The van der Waals surface area contributed by atoms with Crippen LogP contribution in [0.3, 0.4) is 0 Å². The minimum Gasteiger partial charge on any atom is -0.326 e. The second kappa shape index (κ2) is 5.83. The van der Waals surface area contributed by atoms with E-state index < -0.39 is 0 Å². The fourth-order valence-corrected chi connectivity index (χ4v) is 4.42. The second-order valence-corrected chi connectivity index (χ2v) is 6.91. The zero-order chi connectivity index (χ0) is 12.4. The minimum atomic E-state index is 0.182. The van der Waals surface area contributed by atoms with Crippen LogP contribution in [0.15, 0.2) is 15.9 Å². The molecule has 0 aliphatic carbocycles. The molecule has 0 amide bonds. The Balaban J connectivity index is 2.22. The molecule has 3 unspecified atom stereocenters. The van der Waals surface area contributed by atoms with Gasteiger partial charge in [0.25, 0.3) is 0 Å². The van der Waals surface area contributed by atoms with Crippen LogP contribution in [0.5, 0.6) is 0 Å². The molecule has 1 fully saturated rings. The SMILES string of the molecule is CC(N)C(c1cc(Br)cs1)N1CCCCC1C. The molecule has 1 saturated heterocycles. The highest BCUT2D eigenvalue weighted by molar-refractivity contribution is 9.10. The Kier molecular flexibility index (Phi) is 4.64. The van der Waals surface area contributed by atoms with Gasteiger partial charge in [0.2, 0.25) is 0 Å². The molecule has 1 aliphatic rings. The Morgan fingerprint density at radius 2 is 2.29 bits per heavy atom. The predicted molar refractivity (Wildman–Crippen MR) is 78.4 cm³/mol. The van der Waals surface area contributed by atoms with Crippen LogP contribution in [0.4, 0.5) is 0 Å². The van der Waals surface area contributed by atoms with Gasteiger partial charge in [0.05, 0.1) is 6.04 Å². The number of nitrogens with two attached hydrogens (primary N) is 1. The van der Waals surface area contributed by atoms with Gasteiger partial charge >= 0.3 is 0 Å². The Bertz CT molecular complexity index is 364. The minimum absolute atomic E-state index is 0.182. The van der Waals surface area contributed by atoms with Gasteiger partial charge in [0, 0.05) is 26.8 Å². The van der Waals surface area contributed by atoms with Gasteiger partial charge in [-0.15, -0.1) is 11.3 Å². The monoisotopic (exact) mass is 316 g/mol. The van der Waals surface area contributed by atoms with Crippen molar-refractivity contribution >= 4 is 27.3 Å². The van der Waals surface area contributed by atoms with Crippen molar-refractivity contribution in [1.82, 2.24) is 4.90 Å². The van der Waals surface area contributed by atoms with Gasteiger partial charge in [-0.05, 0) is 55.2 Å². The normalized spacial score (nSPS) is 25.8. The number of likely N-dealkylation sites (tertiary alicyclic amines) is 1. The van der Waals surface area contributed by atoms with Gasteiger partial charge in [0.15, 0.2) is 0 Å². The molecule has 4 heteroatoms. The van der Waals surface area contributed by atoms with E-state index in [2.05, 4.69) is 46.1 Å². The largest absolute Gasteiger partial charge is 0.326 e. The zero-order valence-corrected chi connectivity index (χ0v) is 12.9. The van der Waals surface area contributed by atoms with Crippen LogP contribution in [-0.2, 0) is 0 Å².